The zero-order chi connectivity index (χ0) is 26.6. The molecule has 0 aliphatic heterocycles. The first-order chi connectivity index (χ1) is 16.7. The Labute approximate surface area is 213 Å². The number of rotatable bonds is 6. The van der Waals surface area contributed by atoms with Crippen LogP contribution in [0.25, 0.3) is 0 Å². The van der Waals surface area contributed by atoms with Gasteiger partial charge in [-0.05, 0) is 61.5 Å². The summed E-state index contributed by atoms with van der Waals surface area (Å²) in [5.74, 6) is -1.21. The molecule has 0 amide bonds. The summed E-state index contributed by atoms with van der Waals surface area (Å²) in [6.45, 7) is 10.8. The molecule has 0 spiro atoms. The third kappa shape index (κ3) is 4.07. The van der Waals surface area contributed by atoms with Gasteiger partial charge in [0.1, 0.15) is 0 Å². The molecule has 7 heteroatoms. The number of hydrogen-bond donors (Lipinski definition) is 1. The molecule has 0 aromatic heterocycles. The molecule has 7 nitrogen and oxygen atoms in total. The Morgan fingerprint density at radius 1 is 1.22 bits per heavy atom. The van der Waals surface area contributed by atoms with E-state index >= 15 is 0 Å². The third-order valence-electron chi connectivity index (χ3n) is 9.66. The van der Waals surface area contributed by atoms with Crippen molar-refractivity contribution in [3.63, 3.8) is 0 Å². The molecule has 0 aromatic rings. The maximum Gasteiger partial charge on any atom is 0.307 e. The van der Waals surface area contributed by atoms with Crippen molar-refractivity contribution in [3.8, 4) is 0 Å². The van der Waals surface area contributed by atoms with Crippen molar-refractivity contribution in [1.82, 2.24) is 0 Å². The number of hydrogen-bond acceptors (Lipinski definition) is 7. The lowest BCUT2D eigenvalue weighted by Crippen LogP contribution is -2.63. The SMILES string of the molecule is CC(=O)OCC(=O)[C@@]1(OC(=O)CC(C)C)CC[C@H]2[C@@H]3C[C@H](C)C4=CC(=O)C=C[C@]4(C)[C@H]3[C@@H](O)C[C@@]21C. The van der Waals surface area contributed by atoms with Gasteiger partial charge >= 0.3 is 11.9 Å². The number of ether oxygens (including phenoxy) is 2. The fraction of sp³-hybridized carbons (Fsp3) is 0.724. The molecule has 0 bridgehead atoms. The number of carbonyl (C=O) groups excluding carboxylic acids is 4. The molecule has 0 radical (unpaired) electrons. The first-order valence-corrected chi connectivity index (χ1v) is 13.3. The van der Waals surface area contributed by atoms with E-state index in [2.05, 4.69) is 13.8 Å². The van der Waals surface area contributed by atoms with Gasteiger partial charge < -0.3 is 14.6 Å². The van der Waals surface area contributed by atoms with Gasteiger partial charge in [0.05, 0.1) is 6.10 Å². The standard InChI is InChI=1S/C29H40O7/c1-16(2)11-25(34)36-29(24(33)15-35-18(4)30)10-8-21-20-12-17(3)22-13-19(31)7-9-27(22,5)26(20)23(32)14-28(21,29)6/h7,9,13,16-17,20-21,23,26,32H,8,10-12,14-15H2,1-6H3/t17-,20-,21-,23-,26+,27-,28-,29-/m0/s1. The van der Waals surface area contributed by atoms with E-state index in [0.29, 0.717) is 19.3 Å². The predicted octanol–water partition coefficient (Wildman–Crippen LogP) is 3.97. The number of allylic oxidation sites excluding steroid dienone is 4. The minimum absolute atomic E-state index is 0.0177. The van der Waals surface area contributed by atoms with E-state index in [1.807, 2.05) is 26.8 Å². The van der Waals surface area contributed by atoms with Gasteiger partial charge in [-0.1, -0.05) is 46.3 Å². The van der Waals surface area contributed by atoms with Crippen LogP contribution in [0.15, 0.2) is 23.8 Å². The number of aliphatic hydroxyl groups is 1. The van der Waals surface area contributed by atoms with Gasteiger partial charge in [-0.15, -0.1) is 0 Å². The number of fused-ring (bicyclic) bond motifs is 5. The van der Waals surface area contributed by atoms with Crippen LogP contribution in [-0.2, 0) is 28.7 Å². The van der Waals surface area contributed by atoms with Gasteiger partial charge in [0.2, 0.25) is 5.78 Å². The molecule has 3 fully saturated rings. The van der Waals surface area contributed by atoms with E-state index in [0.717, 1.165) is 12.0 Å². The molecule has 0 heterocycles. The normalized spacial score (nSPS) is 41.2. The molecule has 3 saturated carbocycles. The van der Waals surface area contributed by atoms with E-state index in [9.17, 15) is 24.3 Å². The third-order valence-corrected chi connectivity index (χ3v) is 9.66. The van der Waals surface area contributed by atoms with E-state index in [1.165, 1.54) is 6.92 Å². The minimum Gasteiger partial charge on any atom is -0.458 e. The summed E-state index contributed by atoms with van der Waals surface area (Å²) in [4.78, 5) is 50.4. The van der Waals surface area contributed by atoms with Crippen molar-refractivity contribution in [1.29, 1.82) is 0 Å². The van der Waals surface area contributed by atoms with Crippen LogP contribution in [0.3, 0.4) is 0 Å². The van der Waals surface area contributed by atoms with Gasteiger partial charge in [0, 0.05) is 30.1 Å². The molecule has 36 heavy (non-hydrogen) atoms. The largest absolute Gasteiger partial charge is 0.458 e. The summed E-state index contributed by atoms with van der Waals surface area (Å²) in [5.41, 5.74) is -1.64. The quantitative estimate of drug-likeness (QED) is 0.550. The average molecular weight is 501 g/mol. The molecule has 0 aromatic carbocycles. The highest BCUT2D eigenvalue weighted by atomic mass is 16.6. The summed E-state index contributed by atoms with van der Waals surface area (Å²) >= 11 is 0. The highest BCUT2D eigenvalue weighted by Crippen LogP contribution is 2.68. The Balaban J connectivity index is 1.75. The van der Waals surface area contributed by atoms with Gasteiger partial charge in [0.15, 0.2) is 18.0 Å². The summed E-state index contributed by atoms with van der Waals surface area (Å²) < 4.78 is 11.2. The number of carbonyl (C=O) groups is 4. The summed E-state index contributed by atoms with van der Waals surface area (Å²) in [6, 6.07) is 0. The van der Waals surface area contributed by atoms with Crippen LogP contribution in [-0.4, -0.2) is 46.9 Å². The van der Waals surface area contributed by atoms with Gasteiger partial charge in [0.25, 0.3) is 0 Å². The lowest BCUT2D eigenvalue weighted by molar-refractivity contribution is -0.202. The maximum absolute atomic E-state index is 13.7. The molecule has 198 valence electrons. The second kappa shape index (κ2) is 9.23. The number of aliphatic hydroxyl groups excluding tert-OH is 1. The van der Waals surface area contributed by atoms with E-state index in [-0.39, 0.29) is 41.8 Å². The molecule has 1 N–H and O–H groups in total. The van der Waals surface area contributed by atoms with Gasteiger partial charge in [-0.3, -0.25) is 19.2 Å². The van der Waals surface area contributed by atoms with Crippen LogP contribution in [0.2, 0.25) is 0 Å². The van der Waals surface area contributed by atoms with Crippen molar-refractivity contribution in [3.05, 3.63) is 23.8 Å². The van der Waals surface area contributed by atoms with Crippen molar-refractivity contribution < 1.29 is 33.8 Å². The Morgan fingerprint density at radius 3 is 2.56 bits per heavy atom. The zero-order valence-electron chi connectivity index (χ0n) is 22.3. The first-order valence-electron chi connectivity index (χ1n) is 13.3. The van der Waals surface area contributed by atoms with Gasteiger partial charge in [-0.25, -0.2) is 0 Å². The van der Waals surface area contributed by atoms with Crippen molar-refractivity contribution in [2.45, 2.75) is 85.4 Å². The van der Waals surface area contributed by atoms with E-state index < -0.39 is 46.9 Å². The molecule has 4 aliphatic carbocycles. The van der Waals surface area contributed by atoms with Crippen LogP contribution in [0.4, 0.5) is 0 Å². The molecular weight excluding hydrogens is 460 g/mol. The van der Waals surface area contributed by atoms with Crippen LogP contribution in [0, 0.1) is 40.4 Å². The monoisotopic (exact) mass is 500 g/mol. The first kappa shape index (κ1) is 26.8. The lowest BCUT2D eigenvalue weighted by atomic mass is 9.44. The van der Waals surface area contributed by atoms with Gasteiger partial charge in [-0.2, -0.15) is 0 Å². The lowest BCUT2D eigenvalue weighted by Gasteiger charge is -2.61. The van der Waals surface area contributed by atoms with Crippen LogP contribution < -0.4 is 0 Å². The number of esters is 2. The Bertz CT molecular complexity index is 1020. The van der Waals surface area contributed by atoms with Crippen molar-refractivity contribution >= 4 is 23.5 Å². The molecule has 4 rings (SSSR count). The number of Topliss-reactive ketones (excluding diaryl/α,β-unsaturated/α-hetero) is 1. The molecule has 4 aliphatic rings. The molecule has 0 saturated heterocycles. The highest BCUT2D eigenvalue weighted by molar-refractivity contribution is 6.01. The Kier molecular flexibility index (Phi) is 6.87. The summed E-state index contributed by atoms with van der Waals surface area (Å²) in [5, 5.41) is 11.7. The van der Waals surface area contributed by atoms with E-state index in [1.54, 1.807) is 12.2 Å². The second-order valence-corrected chi connectivity index (χ2v) is 12.4. The van der Waals surface area contributed by atoms with Crippen molar-refractivity contribution in [2.24, 2.45) is 40.4 Å². The molecular formula is C29H40O7. The van der Waals surface area contributed by atoms with Crippen LogP contribution in [0.5, 0.6) is 0 Å². The summed E-state index contributed by atoms with van der Waals surface area (Å²) in [7, 11) is 0. The highest BCUT2D eigenvalue weighted by Gasteiger charge is 2.70. The number of ketones is 2. The van der Waals surface area contributed by atoms with Crippen LogP contribution >= 0.6 is 0 Å². The zero-order valence-corrected chi connectivity index (χ0v) is 22.3. The average Bonchev–Trinajstić information content (AvgIpc) is 3.05. The topological polar surface area (TPSA) is 107 Å². The predicted molar refractivity (Wildman–Crippen MR) is 132 cm³/mol. The minimum atomic E-state index is -1.45. The maximum atomic E-state index is 13.7. The second-order valence-electron chi connectivity index (χ2n) is 12.4. The van der Waals surface area contributed by atoms with E-state index in [4.69, 9.17) is 9.47 Å². The van der Waals surface area contributed by atoms with Crippen LogP contribution in [0.1, 0.15) is 73.6 Å². The Morgan fingerprint density at radius 2 is 1.92 bits per heavy atom. The Hall–Kier alpha value is -2.28. The smallest absolute Gasteiger partial charge is 0.307 e. The fourth-order valence-corrected chi connectivity index (χ4v) is 8.27. The molecule has 8 atom stereocenters. The fourth-order valence-electron chi connectivity index (χ4n) is 8.27. The summed E-state index contributed by atoms with van der Waals surface area (Å²) in [6.07, 6.45) is 6.83. The molecule has 0 unspecified atom stereocenters. The van der Waals surface area contributed by atoms with Crippen molar-refractivity contribution in [2.75, 3.05) is 6.61 Å².